The fourth-order valence-corrected chi connectivity index (χ4v) is 5.69. The molecule has 2 heterocycles. The Balaban J connectivity index is 1.18. The molecule has 0 aliphatic carbocycles. The van der Waals surface area contributed by atoms with Crippen molar-refractivity contribution in [2.45, 2.75) is 44.9 Å². The summed E-state index contributed by atoms with van der Waals surface area (Å²) in [6.07, 6.45) is 7.66. The molecule has 4 aromatic carbocycles. The summed E-state index contributed by atoms with van der Waals surface area (Å²) in [5.74, 6) is 3.47. The summed E-state index contributed by atoms with van der Waals surface area (Å²) in [5.41, 5.74) is 5.95. The molecule has 0 amide bonds. The van der Waals surface area contributed by atoms with Gasteiger partial charge in [0.2, 0.25) is 0 Å². The molecule has 0 aromatic heterocycles. The lowest BCUT2D eigenvalue weighted by Gasteiger charge is -2.24. The predicted molar refractivity (Wildman–Crippen MR) is 181 cm³/mol. The SMILES string of the molecule is COc1ccc(-c2ccc(COC3CCCCO3)cc2OC)c(/C=C/c2ccc(Oc3cc(C4OCCCO4)ccc3OC)cc2)c1. The molecule has 0 spiro atoms. The van der Waals surface area contributed by atoms with E-state index in [0.717, 1.165) is 77.2 Å². The average molecular weight is 639 g/mol. The van der Waals surface area contributed by atoms with Crippen LogP contribution in [0.3, 0.4) is 0 Å². The Hall–Kier alpha value is -4.34. The van der Waals surface area contributed by atoms with E-state index in [9.17, 15) is 0 Å². The molecule has 1 unspecified atom stereocenters. The third-order valence-corrected chi connectivity index (χ3v) is 8.24. The van der Waals surface area contributed by atoms with Crippen molar-refractivity contribution < 1.29 is 37.9 Å². The Morgan fingerprint density at radius 2 is 1.40 bits per heavy atom. The maximum atomic E-state index is 6.24. The molecule has 0 radical (unpaired) electrons. The van der Waals surface area contributed by atoms with E-state index in [-0.39, 0.29) is 6.29 Å². The second-order valence-corrected chi connectivity index (χ2v) is 11.4. The monoisotopic (exact) mass is 638 g/mol. The summed E-state index contributed by atoms with van der Waals surface area (Å²) in [5, 5.41) is 0. The number of hydrogen-bond donors (Lipinski definition) is 0. The molecule has 8 nitrogen and oxygen atoms in total. The molecule has 2 fully saturated rings. The lowest BCUT2D eigenvalue weighted by Crippen LogP contribution is -2.22. The van der Waals surface area contributed by atoms with E-state index in [1.807, 2.05) is 60.7 Å². The van der Waals surface area contributed by atoms with Crippen LogP contribution in [-0.2, 0) is 25.6 Å². The largest absolute Gasteiger partial charge is 0.497 e. The van der Waals surface area contributed by atoms with Gasteiger partial charge in [-0.25, -0.2) is 0 Å². The Labute approximate surface area is 276 Å². The fraction of sp³-hybridized carbons (Fsp3) is 0.333. The normalized spacial score (nSPS) is 17.0. The van der Waals surface area contributed by atoms with Gasteiger partial charge in [-0.3, -0.25) is 0 Å². The topological polar surface area (TPSA) is 73.8 Å². The van der Waals surface area contributed by atoms with Gasteiger partial charge in [0.25, 0.3) is 0 Å². The van der Waals surface area contributed by atoms with Gasteiger partial charge in [-0.05, 0) is 96.5 Å². The molecule has 4 aromatic rings. The number of hydrogen-bond acceptors (Lipinski definition) is 8. The molecule has 2 aliphatic rings. The summed E-state index contributed by atoms with van der Waals surface area (Å²) >= 11 is 0. The molecule has 2 saturated heterocycles. The molecule has 0 N–H and O–H groups in total. The Kier molecular flexibility index (Phi) is 11.1. The zero-order valence-corrected chi connectivity index (χ0v) is 27.2. The summed E-state index contributed by atoms with van der Waals surface area (Å²) in [6.45, 7) is 2.57. The highest BCUT2D eigenvalue weighted by atomic mass is 16.7. The van der Waals surface area contributed by atoms with Gasteiger partial charge in [0, 0.05) is 17.7 Å². The minimum Gasteiger partial charge on any atom is -0.497 e. The summed E-state index contributed by atoms with van der Waals surface area (Å²) in [6, 6.07) is 25.9. The second kappa shape index (κ2) is 16.0. The Morgan fingerprint density at radius 1 is 0.638 bits per heavy atom. The van der Waals surface area contributed by atoms with Gasteiger partial charge in [-0.15, -0.1) is 0 Å². The van der Waals surface area contributed by atoms with Crippen LogP contribution in [0.15, 0.2) is 78.9 Å². The van der Waals surface area contributed by atoms with Crippen molar-refractivity contribution in [1.29, 1.82) is 0 Å². The van der Waals surface area contributed by atoms with Crippen LogP contribution >= 0.6 is 0 Å². The third kappa shape index (κ3) is 8.34. The van der Waals surface area contributed by atoms with Crippen molar-refractivity contribution >= 4 is 12.2 Å². The van der Waals surface area contributed by atoms with Crippen molar-refractivity contribution in [3.05, 3.63) is 101 Å². The van der Waals surface area contributed by atoms with E-state index >= 15 is 0 Å². The number of ether oxygens (including phenoxy) is 8. The van der Waals surface area contributed by atoms with Crippen LogP contribution in [0.25, 0.3) is 23.3 Å². The van der Waals surface area contributed by atoms with Crippen LogP contribution < -0.4 is 18.9 Å². The maximum Gasteiger partial charge on any atom is 0.183 e. The van der Waals surface area contributed by atoms with Gasteiger partial charge >= 0.3 is 0 Å². The third-order valence-electron chi connectivity index (χ3n) is 8.24. The van der Waals surface area contributed by atoms with E-state index in [1.54, 1.807) is 21.3 Å². The highest BCUT2D eigenvalue weighted by Gasteiger charge is 2.19. The van der Waals surface area contributed by atoms with Gasteiger partial charge < -0.3 is 37.9 Å². The highest BCUT2D eigenvalue weighted by Crippen LogP contribution is 2.38. The molecule has 0 saturated carbocycles. The highest BCUT2D eigenvalue weighted by molar-refractivity contribution is 5.84. The van der Waals surface area contributed by atoms with Crippen molar-refractivity contribution in [2.24, 2.45) is 0 Å². The molecule has 6 rings (SSSR count). The van der Waals surface area contributed by atoms with Gasteiger partial charge in [-0.1, -0.05) is 42.5 Å². The van der Waals surface area contributed by atoms with Gasteiger partial charge in [0.15, 0.2) is 24.1 Å². The first kappa shape index (κ1) is 32.6. The quantitative estimate of drug-likeness (QED) is 0.143. The van der Waals surface area contributed by atoms with Crippen LogP contribution in [-0.4, -0.2) is 47.4 Å². The van der Waals surface area contributed by atoms with E-state index in [2.05, 4.69) is 30.4 Å². The first-order valence-corrected chi connectivity index (χ1v) is 16.1. The van der Waals surface area contributed by atoms with Crippen LogP contribution in [0, 0.1) is 0 Å². The predicted octanol–water partition coefficient (Wildman–Crippen LogP) is 8.82. The van der Waals surface area contributed by atoms with Gasteiger partial charge in [0.1, 0.15) is 17.2 Å². The Bertz CT molecular complexity index is 1640. The van der Waals surface area contributed by atoms with Crippen molar-refractivity contribution in [1.82, 2.24) is 0 Å². The zero-order chi connectivity index (χ0) is 32.4. The zero-order valence-electron chi connectivity index (χ0n) is 27.2. The van der Waals surface area contributed by atoms with Crippen molar-refractivity contribution in [2.75, 3.05) is 41.2 Å². The molecule has 2 aliphatic heterocycles. The minimum absolute atomic E-state index is 0.140. The Morgan fingerprint density at radius 3 is 2.15 bits per heavy atom. The van der Waals surface area contributed by atoms with E-state index < -0.39 is 6.29 Å². The van der Waals surface area contributed by atoms with Crippen LogP contribution in [0.5, 0.6) is 28.7 Å². The summed E-state index contributed by atoms with van der Waals surface area (Å²) < 4.78 is 46.5. The maximum absolute atomic E-state index is 6.24. The molecule has 8 heteroatoms. The average Bonchev–Trinajstić information content (AvgIpc) is 3.14. The molecule has 0 bridgehead atoms. The molecule has 47 heavy (non-hydrogen) atoms. The van der Waals surface area contributed by atoms with Gasteiger partial charge in [0.05, 0.1) is 41.2 Å². The number of methoxy groups -OCH3 is 3. The second-order valence-electron chi connectivity index (χ2n) is 11.4. The van der Waals surface area contributed by atoms with Crippen molar-refractivity contribution in [3.63, 3.8) is 0 Å². The lowest BCUT2D eigenvalue weighted by molar-refractivity contribution is -0.183. The molecular formula is C39H42O8. The first-order chi connectivity index (χ1) is 23.1. The van der Waals surface area contributed by atoms with E-state index in [4.69, 9.17) is 37.9 Å². The summed E-state index contributed by atoms with van der Waals surface area (Å²) in [7, 11) is 4.99. The molecule has 246 valence electrons. The lowest BCUT2D eigenvalue weighted by atomic mass is 9.96. The molecule has 1 atom stereocenters. The van der Waals surface area contributed by atoms with Crippen LogP contribution in [0.4, 0.5) is 0 Å². The minimum atomic E-state index is -0.403. The first-order valence-electron chi connectivity index (χ1n) is 16.1. The molecular weight excluding hydrogens is 596 g/mol. The van der Waals surface area contributed by atoms with E-state index in [0.29, 0.717) is 37.1 Å². The smallest absolute Gasteiger partial charge is 0.183 e. The number of benzene rings is 4. The van der Waals surface area contributed by atoms with Crippen LogP contribution in [0.1, 0.15) is 54.2 Å². The van der Waals surface area contributed by atoms with Crippen molar-refractivity contribution in [3.8, 4) is 39.9 Å². The van der Waals surface area contributed by atoms with Crippen LogP contribution in [0.2, 0.25) is 0 Å². The standard InChI is InChI=1S/C39H42O8/c1-40-32-16-18-33(34-17-11-28(23-36(34)42-3)26-46-38-7-4-5-20-43-38)29(24-32)12-8-27-9-14-31(15-10-27)47-37-25-30(13-19-35(37)41-2)39-44-21-6-22-45-39/h8-19,23-25,38-39H,4-7,20-22,26H2,1-3H3/b12-8+. The fourth-order valence-electron chi connectivity index (χ4n) is 5.69. The summed E-state index contributed by atoms with van der Waals surface area (Å²) in [4.78, 5) is 0. The van der Waals surface area contributed by atoms with Gasteiger partial charge in [-0.2, -0.15) is 0 Å². The number of rotatable bonds is 12. The van der Waals surface area contributed by atoms with E-state index in [1.165, 1.54) is 0 Å².